The van der Waals surface area contributed by atoms with E-state index in [1.807, 2.05) is 48.8 Å². The molecule has 0 bridgehead atoms. The predicted molar refractivity (Wildman–Crippen MR) is 147 cm³/mol. The zero-order chi connectivity index (χ0) is 27.5. The maximum Gasteiger partial charge on any atom is 0.255 e. The van der Waals surface area contributed by atoms with Crippen molar-refractivity contribution < 1.29 is 24.2 Å². The number of thiazole rings is 1. The summed E-state index contributed by atoms with van der Waals surface area (Å²) in [7, 11) is 1.54. The quantitative estimate of drug-likeness (QED) is 0.425. The zero-order valence-corrected chi connectivity index (χ0v) is 22.8. The Morgan fingerprint density at radius 2 is 1.97 bits per heavy atom. The van der Waals surface area contributed by atoms with E-state index in [1.165, 1.54) is 4.90 Å². The predicted octanol–water partition coefficient (Wildman–Crippen LogP) is 2.76. The summed E-state index contributed by atoms with van der Waals surface area (Å²) < 4.78 is 5.24. The molecule has 0 saturated carbocycles. The molecule has 0 radical (unpaired) electrons. The third kappa shape index (κ3) is 5.59. The normalized spacial score (nSPS) is 19.3. The first-order valence-electron chi connectivity index (χ1n) is 13.0. The average molecular weight is 549 g/mol. The van der Waals surface area contributed by atoms with Crippen molar-refractivity contribution in [2.24, 2.45) is 0 Å². The van der Waals surface area contributed by atoms with Crippen LogP contribution in [0.25, 0.3) is 10.4 Å². The molecule has 0 aliphatic carbocycles. The van der Waals surface area contributed by atoms with Crippen LogP contribution in [0.1, 0.15) is 40.0 Å². The number of hydrogen-bond acceptors (Lipinski definition) is 7. The fourth-order valence-corrected chi connectivity index (χ4v) is 6.14. The van der Waals surface area contributed by atoms with Gasteiger partial charge >= 0.3 is 0 Å². The Morgan fingerprint density at radius 1 is 1.21 bits per heavy atom. The fourth-order valence-electron chi connectivity index (χ4n) is 5.33. The number of carbonyl (C=O) groups excluding carboxylic acids is 3. The lowest BCUT2D eigenvalue weighted by Crippen LogP contribution is -2.54. The second-order valence-corrected chi connectivity index (χ2v) is 10.8. The maximum atomic E-state index is 13.8. The van der Waals surface area contributed by atoms with Gasteiger partial charge in [0.25, 0.3) is 5.91 Å². The Balaban J connectivity index is 1.27. The molecule has 9 nitrogen and oxygen atoms in total. The van der Waals surface area contributed by atoms with E-state index in [0.29, 0.717) is 25.1 Å². The van der Waals surface area contributed by atoms with Crippen molar-refractivity contribution in [2.75, 3.05) is 20.3 Å². The van der Waals surface area contributed by atoms with Gasteiger partial charge in [0, 0.05) is 51.8 Å². The number of β-amino-alcohol motifs (C(OH)–C–C–N with tert-alkyl or cyclic N) is 1. The van der Waals surface area contributed by atoms with Crippen LogP contribution in [0.5, 0.6) is 0 Å². The van der Waals surface area contributed by atoms with Crippen molar-refractivity contribution in [3.63, 3.8) is 0 Å². The molecule has 2 aromatic carbocycles. The van der Waals surface area contributed by atoms with E-state index < -0.39 is 18.2 Å². The highest BCUT2D eigenvalue weighted by Crippen LogP contribution is 2.29. The summed E-state index contributed by atoms with van der Waals surface area (Å²) in [5.74, 6) is -0.893. The van der Waals surface area contributed by atoms with Crippen molar-refractivity contribution in [1.29, 1.82) is 0 Å². The van der Waals surface area contributed by atoms with E-state index in [9.17, 15) is 19.5 Å². The van der Waals surface area contributed by atoms with E-state index >= 15 is 0 Å². The molecule has 1 aromatic heterocycles. The average Bonchev–Trinajstić information content (AvgIpc) is 3.65. The van der Waals surface area contributed by atoms with Gasteiger partial charge in [-0.2, -0.15) is 0 Å². The van der Waals surface area contributed by atoms with Crippen LogP contribution in [0, 0.1) is 6.92 Å². The smallest absolute Gasteiger partial charge is 0.255 e. The molecule has 0 spiro atoms. The number of aryl methyl sites for hydroxylation is 1. The molecule has 3 heterocycles. The number of hydrogen-bond donors (Lipinski definition) is 2. The minimum Gasteiger partial charge on any atom is -0.391 e. The van der Waals surface area contributed by atoms with Crippen LogP contribution in [0.3, 0.4) is 0 Å². The molecule has 3 amide bonds. The summed E-state index contributed by atoms with van der Waals surface area (Å²) in [4.78, 5) is 48.6. The van der Waals surface area contributed by atoms with Crippen molar-refractivity contribution in [3.05, 3.63) is 76.4 Å². The highest BCUT2D eigenvalue weighted by Gasteiger charge is 2.44. The summed E-state index contributed by atoms with van der Waals surface area (Å²) in [6.07, 6.45) is -0.380. The van der Waals surface area contributed by atoms with Crippen LogP contribution in [0.4, 0.5) is 0 Å². The van der Waals surface area contributed by atoms with E-state index in [4.69, 9.17) is 4.74 Å². The van der Waals surface area contributed by atoms with Gasteiger partial charge in [0.2, 0.25) is 11.8 Å². The Kier molecular flexibility index (Phi) is 8.06. The number of likely N-dealkylation sites (tertiary alicyclic amines) is 1. The van der Waals surface area contributed by atoms with Gasteiger partial charge < -0.3 is 25.0 Å². The molecule has 3 atom stereocenters. The van der Waals surface area contributed by atoms with E-state index in [2.05, 4.69) is 10.3 Å². The van der Waals surface area contributed by atoms with Gasteiger partial charge in [-0.25, -0.2) is 4.98 Å². The first-order chi connectivity index (χ1) is 18.9. The number of nitrogens with one attached hydrogen (secondary N) is 1. The Bertz CT molecular complexity index is 1360. The van der Waals surface area contributed by atoms with Gasteiger partial charge in [-0.1, -0.05) is 42.5 Å². The molecule has 0 unspecified atom stereocenters. The number of aromatic nitrogens is 1. The number of ether oxygens (including phenoxy) is 1. The highest BCUT2D eigenvalue weighted by molar-refractivity contribution is 7.13. The first-order valence-corrected chi connectivity index (χ1v) is 13.9. The van der Waals surface area contributed by atoms with Crippen molar-refractivity contribution in [1.82, 2.24) is 20.1 Å². The van der Waals surface area contributed by atoms with Crippen LogP contribution in [-0.2, 0) is 27.4 Å². The number of fused-ring (bicyclic) bond motifs is 1. The standard InChI is InChI=1S/C29H32N4O5S/c1-18-26(39-17-31-18)20-9-7-19(8-10-20)14-30-27(35)25-13-22(34)16-33(25)29(37)24(11-12-38-2)32-15-21-5-3-4-6-23(21)28(32)36/h3-10,17,22,24-25,34H,11-16H2,1-2H3,(H,30,35)/t22-,24+,25+/m1/s1. The van der Waals surface area contributed by atoms with Crippen LogP contribution in [-0.4, -0.2) is 76.1 Å². The van der Waals surface area contributed by atoms with Crippen LogP contribution in [0.15, 0.2) is 54.0 Å². The molecule has 2 aliphatic rings. The topological polar surface area (TPSA) is 112 Å². The minimum atomic E-state index is -0.822. The highest BCUT2D eigenvalue weighted by atomic mass is 32.1. The number of methoxy groups -OCH3 is 1. The first kappa shape index (κ1) is 27.0. The van der Waals surface area contributed by atoms with Gasteiger partial charge in [0.1, 0.15) is 12.1 Å². The third-order valence-corrected chi connectivity index (χ3v) is 8.38. The van der Waals surface area contributed by atoms with Crippen molar-refractivity contribution in [2.45, 2.75) is 51.0 Å². The van der Waals surface area contributed by atoms with Crippen LogP contribution < -0.4 is 5.32 Å². The number of carbonyl (C=O) groups is 3. The molecule has 5 rings (SSSR count). The van der Waals surface area contributed by atoms with Gasteiger partial charge in [-0.3, -0.25) is 14.4 Å². The summed E-state index contributed by atoms with van der Waals surface area (Å²) in [6, 6.07) is 13.6. The summed E-state index contributed by atoms with van der Waals surface area (Å²) in [6.45, 7) is 2.91. The molecular formula is C29H32N4O5S. The van der Waals surface area contributed by atoms with Crippen LogP contribution >= 0.6 is 11.3 Å². The van der Waals surface area contributed by atoms with Gasteiger partial charge in [0.05, 0.1) is 22.2 Å². The van der Waals surface area contributed by atoms with E-state index in [-0.39, 0.29) is 37.3 Å². The number of aliphatic hydroxyl groups excluding tert-OH is 1. The number of aliphatic hydroxyl groups is 1. The zero-order valence-electron chi connectivity index (χ0n) is 22.0. The lowest BCUT2D eigenvalue weighted by atomic mass is 10.1. The Morgan fingerprint density at radius 3 is 2.67 bits per heavy atom. The molecule has 204 valence electrons. The van der Waals surface area contributed by atoms with Gasteiger partial charge in [0.15, 0.2) is 0 Å². The number of benzene rings is 2. The van der Waals surface area contributed by atoms with Crippen molar-refractivity contribution >= 4 is 29.1 Å². The molecule has 2 aliphatic heterocycles. The maximum absolute atomic E-state index is 13.8. The Labute approximate surface area is 231 Å². The lowest BCUT2D eigenvalue weighted by molar-refractivity contribution is -0.142. The molecule has 1 fully saturated rings. The third-order valence-electron chi connectivity index (χ3n) is 7.40. The molecule has 39 heavy (non-hydrogen) atoms. The number of rotatable bonds is 9. The van der Waals surface area contributed by atoms with E-state index in [0.717, 1.165) is 27.3 Å². The van der Waals surface area contributed by atoms with E-state index in [1.54, 1.807) is 35.5 Å². The Hall–Kier alpha value is -3.60. The van der Waals surface area contributed by atoms with Crippen LogP contribution in [0.2, 0.25) is 0 Å². The number of amides is 3. The van der Waals surface area contributed by atoms with Gasteiger partial charge in [-0.05, 0) is 29.7 Å². The minimum absolute atomic E-state index is 0.0400. The summed E-state index contributed by atoms with van der Waals surface area (Å²) in [5, 5.41) is 13.4. The SMILES string of the molecule is COCC[C@@H](C(=O)N1C[C@H](O)C[C@H]1C(=O)NCc1ccc(-c2scnc2C)cc1)N1Cc2ccccc2C1=O. The summed E-state index contributed by atoms with van der Waals surface area (Å²) in [5.41, 5.74) is 6.24. The molecule has 2 N–H and O–H groups in total. The number of nitrogens with zero attached hydrogens (tertiary/aromatic N) is 3. The molecule has 1 saturated heterocycles. The lowest BCUT2D eigenvalue weighted by Gasteiger charge is -2.33. The second kappa shape index (κ2) is 11.6. The molecular weight excluding hydrogens is 516 g/mol. The van der Waals surface area contributed by atoms with Gasteiger partial charge in [-0.15, -0.1) is 11.3 Å². The monoisotopic (exact) mass is 548 g/mol. The van der Waals surface area contributed by atoms with Crippen molar-refractivity contribution in [3.8, 4) is 10.4 Å². The largest absolute Gasteiger partial charge is 0.391 e. The summed E-state index contributed by atoms with van der Waals surface area (Å²) >= 11 is 1.59. The molecule has 3 aromatic rings. The fraction of sp³-hybridized carbons (Fsp3) is 0.379. The second-order valence-electron chi connectivity index (χ2n) is 9.97. The molecule has 10 heteroatoms.